The van der Waals surface area contributed by atoms with Crippen LogP contribution in [0.15, 0.2) is 24.4 Å². The largest absolute Gasteiger partial charge is 0.389 e. The molecule has 2 heteroatoms. The third-order valence-electron chi connectivity index (χ3n) is 2.94. The van der Waals surface area contributed by atoms with Crippen LogP contribution in [0.25, 0.3) is 0 Å². The Kier molecular flexibility index (Phi) is 3.64. The fourth-order valence-electron chi connectivity index (χ4n) is 1.48. The highest BCUT2D eigenvalue weighted by molar-refractivity contribution is 5.07. The van der Waals surface area contributed by atoms with Crippen molar-refractivity contribution in [2.24, 2.45) is 5.92 Å². The number of hydrogen-bond donors (Lipinski definition) is 1. The lowest BCUT2D eigenvalue weighted by molar-refractivity contribution is 0.00434. The summed E-state index contributed by atoms with van der Waals surface area (Å²) < 4.78 is 0. The van der Waals surface area contributed by atoms with Crippen LogP contribution in [0.4, 0.5) is 0 Å². The molecule has 2 atom stereocenters. The first kappa shape index (κ1) is 11.2. The molecule has 0 aliphatic carbocycles. The standard InChI is InChI=1S/C12H19NO/c1-4-10(2)12(3,14)9-11-7-5-6-8-13-11/h5-8,10,14H,4,9H2,1-3H3. The van der Waals surface area contributed by atoms with Gasteiger partial charge in [0.2, 0.25) is 0 Å². The quantitative estimate of drug-likeness (QED) is 0.796. The summed E-state index contributed by atoms with van der Waals surface area (Å²) in [4.78, 5) is 4.22. The molecule has 0 fully saturated rings. The molecular weight excluding hydrogens is 174 g/mol. The molecule has 0 saturated carbocycles. The van der Waals surface area contributed by atoms with Gasteiger partial charge in [-0.05, 0) is 25.0 Å². The van der Waals surface area contributed by atoms with Crippen LogP contribution in [0.2, 0.25) is 0 Å². The molecule has 1 aromatic heterocycles. The number of hydrogen-bond acceptors (Lipinski definition) is 2. The number of pyridine rings is 1. The normalized spacial score (nSPS) is 17.4. The average molecular weight is 193 g/mol. The molecule has 2 nitrogen and oxygen atoms in total. The summed E-state index contributed by atoms with van der Waals surface area (Å²) in [5.74, 6) is 0.296. The van der Waals surface area contributed by atoms with E-state index in [1.807, 2.05) is 25.1 Å². The molecule has 1 heterocycles. The molecule has 2 unspecified atom stereocenters. The maximum atomic E-state index is 10.2. The molecule has 0 aliphatic rings. The Labute approximate surface area is 86.0 Å². The fraction of sp³-hybridized carbons (Fsp3) is 0.583. The summed E-state index contributed by atoms with van der Waals surface area (Å²) in [6, 6.07) is 5.80. The van der Waals surface area contributed by atoms with E-state index in [1.54, 1.807) is 6.20 Å². The Morgan fingerprint density at radius 3 is 2.71 bits per heavy atom. The highest BCUT2D eigenvalue weighted by Crippen LogP contribution is 2.23. The SMILES string of the molecule is CCC(C)C(C)(O)Cc1ccccn1. The first-order valence-electron chi connectivity index (χ1n) is 5.18. The predicted octanol–water partition coefficient (Wildman–Crippen LogP) is 2.42. The second-order valence-electron chi connectivity index (χ2n) is 4.16. The summed E-state index contributed by atoms with van der Waals surface area (Å²) >= 11 is 0. The van der Waals surface area contributed by atoms with Gasteiger partial charge in [-0.2, -0.15) is 0 Å². The molecule has 0 spiro atoms. The van der Waals surface area contributed by atoms with E-state index in [1.165, 1.54) is 0 Å². The highest BCUT2D eigenvalue weighted by atomic mass is 16.3. The minimum Gasteiger partial charge on any atom is -0.389 e. The van der Waals surface area contributed by atoms with Crippen molar-refractivity contribution < 1.29 is 5.11 Å². The highest BCUT2D eigenvalue weighted by Gasteiger charge is 2.27. The van der Waals surface area contributed by atoms with Crippen molar-refractivity contribution >= 4 is 0 Å². The molecule has 0 bridgehead atoms. The summed E-state index contributed by atoms with van der Waals surface area (Å²) in [5, 5.41) is 10.2. The van der Waals surface area contributed by atoms with Crippen LogP contribution in [0.1, 0.15) is 32.9 Å². The Morgan fingerprint density at radius 2 is 2.21 bits per heavy atom. The average Bonchev–Trinajstić information content (AvgIpc) is 2.17. The molecule has 1 aromatic rings. The summed E-state index contributed by atoms with van der Waals surface area (Å²) in [5.41, 5.74) is 0.307. The predicted molar refractivity (Wildman–Crippen MR) is 58.0 cm³/mol. The number of nitrogens with zero attached hydrogens (tertiary/aromatic N) is 1. The lowest BCUT2D eigenvalue weighted by atomic mass is 9.85. The zero-order valence-corrected chi connectivity index (χ0v) is 9.20. The van der Waals surface area contributed by atoms with Gasteiger partial charge in [-0.1, -0.05) is 26.3 Å². The Bertz CT molecular complexity index is 269. The van der Waals surface area contributed by atoms with Gasteiger partial charge < -0.3 is 5.11 Å². The van der Waals surface area contributed by atoms with Gasteiger partial charge in [-0.25, -0.2) is 0 Å². The van der Waals surface area contributed by atoms with Crippen LogP contribution in [0.3, 0.4) is 0 Å². The Hall–Kier alpha value is -0.890. The number of aromatic nitrogens is 1. The lowest BCUT2D eigenvalue weighted by Gasteiger charge is -2.29. The van der Waals surface area contributed by atoms with Gasteiger partial charge >= 0.3 is 0 Å². The molecular formula is C12H19NO. The van der Waals surface area contributed by atoms with Gasteiger partial charge in [-0.3, -0.25) is 4.98 Å². The number of aliphatic hydroxyl groups is 1. The van der Waals surface area contributed by atoms with Crippen molar-refractivity contribution in [3.63, 3.8) is 0 Å². The zero-order valence-electron chi connectivity index (χ0n) is 9.20. The minimum absolute atomic E-state index is 0.296. The smallest absolute Gasteiger partial charge is 0.0700 e. The number of rotatable bonds is 4. The van der Waals surface area contributed by atoms with Gasteiger partial charge in [0.1, 0.15) is 0 Å². The van der Waals surface area contributed by atoms with Crippen molar-refractivity contribution in [1.82, 2.24) is 4.98 Å². The van der Waals surface area contributed by atoms with Crippen LogP contribution >= 0.6 is 0 Å². The molecule has 1 rings (SSSR count). The summed E-state index contributed by atoms with van der Waals surface area (Å²) in [6.07, 6.45) is 3.38. The van der Waals surface area contributed by atoms with Gasteiger partial charge in [0.05, 0.1) is 5.60 Å². The van der Waals surface area contributed by atoms with E-state index in [0.717, 1.165) is 12.1 Å². The van der Waals surface area contributed by atoms with Crippen molar-refractivity contribution in [2.45, 2.75) is 39.2 Å². The fourth-order valence-corrected chi connectivity index (χ4v) is 1.48. The van der Waals surface area contributed by atoms with Gasteiger partial charge in [0, 0.05) is 18.3 Å². The third-order valence-corrected chi connectivity index (χ3v) is 2.94. The third kappa shape index (κ3) is 2.81. The maximum Gasteiger partial charge on any atom is 0.0700 e. The molecule has 1 N–H and O–H groups in total. The van der Waals surface area contributed by atoms with Crippen molar-refractivity contribution in [2.75, 3.05) is 0 Å². The minimum atomic E-state index is -0.650. The van der Waals surface area contributed by atoms with Crippen LogP contribution in [-0.4, -0.2) is 15.7 Å². The summed E-state index contributed by atoms with van der Waals surface area (Å²) in [6.45, 7) is 6.05. The van der Waals surface area contributed by atoms with Crippen LogP contribution in [0, 0.1) is 5.92 Å². The molecule has 0 saturated heterocycles. The first-order valence-corrected chi connectivity index (χ1v) is 5.18. The maximum absolute atomic E-state index is 10.2. The van der Waals surface area contributed by atoms with E-state index in [0.29, 0.717) is 12.3 Å². The molecule has 0 aromatic carbocycles. The van der Waals surface area contributed by atoms with Crippen molar-refractivity contribution in [1.29, 1.82) is 0 Å². The molecule has 0 aliphatic heterocycles. The Balaban J connectivity index is 2.68. The summed E-state index contributed by atoms with van der Waals surface area (Å²) in [7, 11) is 0. The van der Waals surface area contributed by atoms with Crippen molar-refractivity contribution in [3.05, 3.63) is 30.1 Å². The van der Waals surface area contributed by atoms with Gasteiger partial charge in [0.25, 0.3) is 0 Å². The lowest BCUT2D eigenvalue weighted by Crippen LogP contribution is -2.35. The van der Waals surface area contributed by atoms with E-state index in [-0.39, 0.29) is 0 Å². The van der Waals surface area contributed by atoms with Crippen LogP contribution in [0.5, 0.6) is 0 Å². The van der Waals surface area contributed by atoms with Crippen LogP contribution in [-0.2, 0) is 6.42 Å². The van der Waals surface area contributed by atoms with E-state index in [9.17, 15) is 5.11 Å². The second-order valence-corrected chi connectivity index (χ2v) is 4.16. The molecule has 78 valence electrons. The van der Waals surface area contributed by atoms with Gasteiger partial charge in [-0.15, -0.1) is 0 Å². The monoisotopic (exact) mass is 193 g/mol. The van der Waals surface area contributed by atoms with E-state index >= 15 is 0 Å². The van der Waals surface area contributed by atoms with Crippen LogP contribution < -0.4 is 0 Å². The van der Waals surface area contributed by atoms with E-state index in [2.05, 4.69) is 18.8 Å². The zero-order chi connectivity index (χ0) is 10.6. The van der Waals surface area contributed by atoms with Crippen molar-refractivity contribution in [3.8, 4) is 0 Å². The van der Waals surface area contributed by atoms with E-state index in [4.69, 9.17) is 0 Å². The van der Waals surface area contributed by atoms with Gasteiger partial charge in [0.15, 0.2) is 0 Å². The molecule has 14 heavy (non-hydrogen) atoms. The second kappa shape index (κ2) is 4.56. The topological polar surface area (TPSA) is 33.1 Å². The first-order chi connectivity index (χ1) is 6.56. The Morgan fingerprint density at radius 1 is 1.50 bits per heavy atom. The van der Waals surface area contributed by atoms with E-state index < -0.39 is 5.60 Å². The molecule has 0 amide bonds. The molecule has 0 radical (unpaired) electrons.